The highest BCUT2D eigenvalue weighted by Gasteiger charge is 2.23. The second kappa shape index (κ2) is 7.40. The van der Waals surface area contributed by atoms with Gasteiger partial charge in [0.05, 0.1) is 4.90 Å². The van der Waals surface area contributed by atoms with Gasteiger partial charge >= 0.3 is 0 Å². The second-order valence-electron chi connectivity index (χ2n) is 4.48. The molecule has 1 aromatic rings. The van der Waals surface area contributed by atoms with Gasteiger partial charge in [0, 0.05) is 17.5 Å². The van der Waals surface area contributed by atoms with Gasteiger partial charge in [0.15, 0.2) is 0 Å². The first-order valence-corrected chi connectivity index (χ1v) is 9.13. The molecule has 0 unspecified atom stereocenters. The normalized spacial score (nSPS) is 13.0. The lowest BCUT2D eigenvalue weighted by Crippen LogP contribution is -2.34. The molecule has 0 aliphatic rings. The Bertz CT molecular complexity index is 535. The average Bonchev–Trinajstić information content (AvgIpc) is 2.38. The number of nitrogens with zero attached hydrogens (tertiary/aromatic N) is 1. The summed E-state index contributed by atoms with van der Waals surface area (Å²) in [5, 5.41) is 0. The Morgan fingerprint density at radius 1 is 1.32 bits per heavy atom. The van der Waals surface area contributed by atoms with Gasteiger partial charge in [-0.25, -0.2) is 8.42 Å². The summed E-state index contributed by atoms with van der Waals surface area (Å²) in [5.41, 5.74) is 2.12. The van der Waals surface area contributed by atoms with E-state index in [2.05, 4.69) is 22.6 Å². The molecule has 0 spiro atoms. The van der Waals surface area contributed by atoms with Crippen molar-refractivity contribution in [3.05, 3.63) is 41.5 Å². The van der Waals surface area contributed by atoms with E-state index in [0.29, 0.717) is 18.0 Å². The minimum Gasteiger partial charge on any atom is -0.207 e. The number of sulfonamides is 1. The van der Waals surface area contributed by atoms with Crippen LogP contribution >= 0.6 is 22.6 Å². The molecule has 0 fully saturated rings. The predicted molar refractivity (Wildman–Crippen MR) is 88.3 cm³/mol. The first-order valence-electron chi connectivity index (χ1n) is 6.16. The van der Waals surface area contributed by atoms with E-state index < -0.39 is 10.0 Å². The van der Waals surface area contributed by atoms with Crippen LogP contribution in [0.3, 0.4) is 0 Å². The van der Waals surface area contributed by atoms with Gasteiger partial charge in [-0.05, 0) is 32.9 Å². The van der Waals surface area contributed by atoms with Gasteiger partial charge in [-0.3, -0.25) is 0 Å². The largest absolute Gasteiger partial charge is 0.243 e. The van der Waals surface area contributed by atoms with Gasteiger partial charge in [-0.15, -0.1) is 0 Å². The summed E-state index contributed by atoms with van der Waals surface area (Å²) in [6.45, 7) is 6.81. The second-order valence-corrected chi connectivity index (χ2v) is 7.49. The van der Waals surface area contributed by atoms with Crippen LogP contribution in [-0.4, -0.2) is 30.2 Å². The van der Waals surface area contributed by atoms with E-state index in [1.807, 2.05) is 39.0 Å². The third-order valence-corrected chi connectivity index (χ3v) is 5.25. The maximum Gasteiger partial charge on any atom is 0.243 e. The number of hydrogen-bond donors (Lipinski definition) is 0. The smallest absolute Gasteiger partial charge is 0.207 e. The third-order valence-electron chi connectivity index (χ3n) is 2.91. The zero-order valence-electron chi connectivity index (χ0n) is 11.6. The quantitative estimate of drug-likeness (QED) is 0.422. The molecule has 0 atom stereocenters. The molecule has 0 radical (unpaired) electrons. The molecule has 0 aliphatic carbocycles. The fourth-order valence-electron chi connectivity index (χ4n) is 1.61. The minimum absolute atomic E-state index is 0.367. The lowest BCUT2D eigenvalue weighted by atomic mass is 10.2. The molecule has 0 heterocycles. The SMILES string of the molecule is C/C=C(\C)CN(CCI)S(=O)(=O)c1ccc(C)cc1. The standard InChI is InChI=1S/C14H20INO2S/c1-4-12(2)11-16(10-9-15)19(17,18)14-7-5-13(3)6-8-14/h4-8H,9-11H2,1-3H3/b12-4+. The first-order chi connectivity index (χ1) is 8.91. The molecule has 0 saturated carbocycles. The van der Waals surface area contributed by atoms with E-state index in [1.165, 1.54) is 0 Å². The molecule has 5 heteroatoms. The molecular weight excluding hydrogens is 373 g/mol. The van der Waals surface area contributed by atoms with Crippen molar-refractivity contribution < 1.29 is 8.42 Å². The molecule has 1 rings (SSSR count). The number of benzene rings is 1. The van der Waals surface area contributed by atoms with Crippen LogP contribution in [0.25, 0.3) is 0 Å². The molecule has 0 aliphatic heterocycles. The van der Waals surface area contributed by atoms with Crippen molar-refractivity contribution in [1.82, 2.24) is 4.31 Å². The van der Waals surface area contributed by atoms with Crippen molar-refractivity contribution in [3.63, 3.8) is 0 Å². The van der Waals surface area contributed by atoms with Gasteiger partial charge < -0.3 is 0 Å². The van der Waals surface area contributed by atoms with Gasteiger partial charge in [0.1, 0.15) is 0 Å². The lowest BCUT2D eigenvalue weighted by Gasteiger charge is -2.21. The minimum atomic E-state index is -3.40. The molecule has 1 aromatic carbocycles. The molecular formula is C14H20INO2S. The Labute approximate surface area is 129 Å². The van der Waals surface area contributed by atoms with Gasteiger partial charge in [0.25, 0.3) is 0 Å². The summed E-state index contributed by atoms with van der Waals surface area (Å²) in [5.74, 6) is 0. The topological polar surface area (TPSA) is 37.4 Å². The Hall–Kier alpha value is -0.400. The van der Waals surface area contributed by atoms with Crippen LogP contribution in [0.15, 0.2) is 40.8 Å². The van der Waals surface area contributed by atoms with E-state index in [1.54, 1.807) is 16.4 Å². The van der Waals surface area contributed by atoms with Crippen LogP contribution in [0.1, 0.15) is 19.4 Å². The van der Waals surface area contributed by atoms with Gasteiger partial charge in [-0.2, -0.15) is 4.31 Å². The van der Waals surface area contributed by atoms with Crippen molar-refractivity contribution in [3.8, 4) is 0 Å². The van der Waals surface area contributed by atoms with Crippen LogP contribution in [0.2, 0.25) is 0 Å². The highest BCUT2D eigenvalue weighted by Crippen LogP contribution is 2.17. The summed E-state index contributed by atoms with van der Waals surface area (Å²) in [4.78, 5) is 0.367. The number of hydrogen-bond acceptors (Lipinski definition) is 2. The van der Waals surface area contributed by atoms with Crippen LogP contribution < -0.4 is 0 Å². The van der Waals surface area contributed by atoms with Crippen molar-refractivity contribution in [2.45, 2.75) is 25.7 Å². The van der Waals surface area contributed by atoms with Crippen LogP contribution in [0.5, 0.6) is 0 Å². The maximum absolute atomic E-state index is 12.6. The van der Waals surface area contributed by atoms with Crippen molar-refractivity contribution in [2.24, 2.45) is 0 Å². The number of allylic oxidation sites excluding steroid dienone is 1. The number of rotatable bonds is 6. The molecule has 106 valence electrons. The maximum atomic E-state index is 12.6. The highest BCUT2D eigenvalue weighted by atomic mass is 127. The summed E-state index contributed by atoms with van der Waals surface area (Å²) in [7, 11) is -3.40. The fourth-order valence-corrected chi connectivity index (χ4v) is 4.00. The Morgan fingerprint density at radius 2 is 1.89 bits per heavy atom. The van der Waals surface area contributed by atoms with Crippen LogP contribution in [0.4, 0.5) is 0 Å². The zero-order valence-corrected chi connectivity index (χ0v) is 14.5. The number of halogens is 1. The van der Waals surface area contributed by atoms with E-state index in [0.717, 1.165) is 15.6 Å². The molecule has 0 N–H and O–H groups in total. The molecule has 0 aromatic heterocycles. The monoisotopic (exact) mass is 393 g/mol. The van der Waals surface area contributed by atoms with E-state index in [4.69, 9.17) is 0 Å². The fraction of sp³-hybridized carbons (Fsp3) is 0.429. The van der Waals surface area contributed by atoms with Crippen molar-refractivity contribution >= 4 is 32.6 Å². The van der Waals surface area contributed by atoms with Crippen molar-refractivity contribution in [1.29, 1.82) is 0 Å². The van der Waals surface area contributed by atoms with E-state index in [9.17, 15) is 8.42 Å². The van der Waals surface area contributed by atoms with Crippen LogP contribution in [-0.2, 0) is 10.0 Å². The predicted octanol–water partition coefficient (Wildman–Crippen LogP) is 3.39. The molecule has 0 bridgehead atoms. The van der Waals surface area contributed by atoms with E-state index in [-0.39, 0.29) is 0 Å². The number of aryl methyl sites for hydroxylation is 1. The van der Waals surface area contributed by atoms with E-state index >= 15 is 0 Å². The van der Waals surface area contributed by atoms with Crippen LogP contribution in [0, 0.1) is 6.92 Å². The molecule has 0 amide bonds. The Balaban J connectivity index is 3.08. The first kappa shape index (κ1) is 16.7. The molecule has 19 heavy (non-hydrogen) atoms. The number of alkyl halides is 1. The summed E-state index contributed by atoms with van der Waals surface area (Å²) in [6.07, 6.45) is 1.95. The van der Waals surface area contributed by atoms with Gasteiger partial charge in [-0.1, -0.05) is 51.9 Å². The Kier molecular flexibility index (Phi) is 6.49. The highest BCUT2D eigenvalue weighted by molar-refractivity contribution is 14.1. The summed E-state index contributed by atoms with van der Waals surface area (Å²) >= 11 is 2.20. The lowest BCUT2D eigenvalue weighted by molar-refractivity contribution is 0.456. The summed E-state index contributed by atoms with van der Waals surface area (Å²) in [6, 6.07) is 7.01. The zero-order chi connectivity index (χ0) is 14.5. The third kappa shape index (κ3) is 4.57. The Morgan fingerprint density at radius 3 is 2.37 bits per heavy atom. The van der Waals surface area contributed by atoms with Gasteiger partial charge in [0.2, 0.25) is 10.0 Å². The molecule has 0 saturated heterocycles. The molecule has 3 nitrogen and oxygen atoms in total. The van der Waals surface area contributed by atoms with Crippen molar-refractivity contribution in [2.75, 3.05) is 17.5 Å². The summed E-state index contributed by atoms with van der Waals surface area (Å²) < 4.78 is 27.5. The average molecular weight is 393 g/mol.